The SMILES string of the molecule is CCCn1cc(C(O)C2(C)CCCC2)cn1. The molecule has 16 heavy (non-hydrogen) atoms. The maximum absolute atomic E-state index is 10.4. The number of nitrogens with zero attached hydrogens (tertiary/aromatic N) is 2. The fourth-order valence-corrected chi connectivity index (χ4v) is 2.73. The summed E-state index contributed by atoms with van der Waals surface area (Å²) in [5.41, 5.74) is 1.05. The highest BCUT2D eigenvalue weighted by molar-refractivity contribution is 5.12. The molecule has 0 aliphatic heterocycles. The zero-order valence-electron chi connectivity index (χ0n) is 10.3. The molecule has 0 saturated heterocycles. The van der Waals surface area contributed by atoms with Crippen molar-refractivity contribution in [2.75, 3.05) is 0 Å². The molecule has 0 radical (unpaired) electrons. The van der Waals surface area contributed by atoms with Crippen LogP contribution in [0.15, 0.2) is 12.4 Å². The number of rotatable bonds is 4. The maximum Gasteiger partial charge on any atom is 0.0873 e. The highest BCUT2D eigenvalue weighted by Crippen LogP contribution is 2.46. The van der Waals surface area contributed by atoms with Crippen LogP contribution in [0.5, 0.6) is 0 Å². The van der Waals surface area contributed by atoms with E-state index in [1.807, 2.05) is 17.1 Å². The molecule has 1 atom stereocenters. The number of aromatic nitrogens is 2. The third kappa shape index (κ3) is 2.14. The van der Waals surface area contributed by atoms with Gasteiger partial charge in [0, 0.05) is 18.3 Å². The van der Waals surface area contributed by atoms with E-state index in [2.05, 4.69) is 18.9 Å². The first-order valence-corrected chi connectivity index (χ1v) is 6.36. The van der Waals surface area contributed by atoms with Gasteiger partial charge in [0.1, 0.15) is 0 Å². The lowest BCUT2D eigenvalue weighted by atomic mass is 9.80. The van der Waals surface area contributed by atoms with Crippen LogP contribution in [0.2, 0.25) is 0 Å². The minimum Gasteiger partial charge on any atom is -0.388 e. The molecule has 2 rings (SSSR count). The fourth-order valence-electron chi connectivity index (χ4n) is 2.73. The summed E-state index contributed by atoms with van der Waals surface area (Å²) in [5.74, 6) is 0. The van der Waals surface area contributed by atoms with Gasteiger partial charge in [0.15, 0.2) is 0 Å². The normalized spacial score (nSPS) is 21.2. The van der Waals surface area contributed by atoms with Crippen molar-refractivity contribution in [2.45, 2.75) is 58.6 Å². The largest absolute Gasteiger partial charge is 0.388 e. The molecule has 0 bridgehead atoms. The van der Waals surface area contributed by atoms with E-state index in [1.54, 1.807) is 0 Å². The molecule has 1 heterocycles. The van der Waals surface area contributed by atoms with Crippen LogP contribution in [-0.4, -0.2) is 14.9 Å². The van der Waals surface area contributed by atoms with Gasteiger partial charge in [-0.1, -0.05) is 26.7 Å². The van der Waals surface area contributed by atoms with Crippen molar-refractivity contribution in [2.24, 2.45) is 5.41 Å². The zero-order chi connectivity index (χ0) is 11.6. The van der Waals surface area contributed by atoms with Crippen molar-refractivity contribution in [1.29, 1.82) is 0 Å². The third-order valence-electron chi connectivity index (χ3n) is 3.83. The van der Waals surface area contributed by atoms with Crippen LogP contribution < -0.4 is 0 Å². The molecule has 90 valence electrons. The number of hydrogen-bond donors (Lipinski definition) is 1. The lowest BCUT2D eigenvalue weighted by molar-refractivity contribution is 0.0407. The van der Waals surface area contributed by atoms with E-state index in [1.165, 1.54) is 12.8 Å². The fraction of sp³-hybridized carbons (Fsp3) is 0.769. The van der Waals surface area contributed by atoms with Crippen LogP contribution in [0.25, 0.3) is 0 Å². The summed E-state index contributed by atoms with van der Waals surface area (Å²) in [5, 5.41) is 14.7. The van der Waals surface area contributed by atoms with Gasteiger partial charge in [-0.3, -0.25) is 4.68 Å². The molecule has 1 saturated carbocycles. The Kier molecular flexibility index (Phi) is 3.33. The number of aliphatic hydroxyl groups excluding tert-OH is 1. The molecule has 0 spiro atoms. The predicted molar refractivity (Wildman–Crippen MR) is 64.1 cm³/mol. The summed E-state index contributed by atoms with van der Waals surface area (Å²) >= 11 is 0. The average molecular weight is 222 g/mol. The lowest BCUT2D eigenvalue weighted by Crippen LogP contribution is -2.21. The summed E-state index contributed by atoms with van der Waals surface area (Å²) in [4.78, 5) is 0. The Labute approximate surface area is 97.5 Å². The second kappa shape index (κ2) is 4.58. The summed E-state index contributed by atoms with van der Waals surface area (Å²) in [6, 6.07) is 0. The maximum atomic E-state index is 10.4. The molecule has 1 N–H and O–H groups in total. The Bertz CT molecular complexity index is 339. The van der Waals surface area contributed by atoms with Crippen molar-refractivity contribution in [3.05, 3.63) is 18.0 Å². The van der Waals surface area contributed by atoms with Crippen LogP contribution in [0, 0.1) is 5.41 Å². The molecular formula is C13H22N2O. The lowest BCUT2D eigenvalue weighted by Gasteiger charge is -2.29. The van der Waals surface area contributed by atoms with Crippen molar-refractivity contribution in [1.82, 2.24) is 9.78 Å². The van der Waals surface area contributed by atoms with Crippen molar-refractivity contribution in [3.8, 4) is 0 Å². The van der Waals surface area contributed by atoms with Gasteiger partial charge >= 0.3 is 0 Å². The Balaban J connectivity index is 2.10. The Morgan fingerprint density at radius 1 is 1.50 bits per heavy atom. The number of hydrogen-bond acceptors (Lipinski definition) is 2. The van der Waals surface area contributed by atoms with E-state index in [0.717, 1.165) is 31.4 Å². The second-order valence-corrected chi connectivity index (χ2v) is 5.30. The molecule has 1 aromatic heterocycles. The molecule has 1 aliphatic carbocycles. The molecule has 1 fully saturated rings. The first-order chi connectivity index (χ1) is 7.65. The smallest absolute Gasteiger partial charge is 0.0873 e. The molecule has 0 amide bonds. The summed E-state index contributed by atoms with van der Waals surface area (Å²) in [6.07, 6.45) is 9.31. The van der Waals surface area contributed by atoms with E-state index < -0.39 is 0 Å². The number of aliphatic hydroxyl groups is 1. The van der Waals surface area contributed by atoms with E-state index in [9.17, 15) is 5.11 Å². The monoisotopic (exact) mass is 222 g/mol. The molecule has 1 unspecified atom stereocenters. The van der Waals surface area contributed by atoms with Gasteiger partial charge in [0.25, 0.3) is 0 Å². The summed E-state index contributed by atoms with van der Waals surface area (Å²) < 4.78 is 1.93. The first kappa shape index (κ1) is 11.6. The average Bonchev–Trinajstić information content (AvgIpc) is 2.88. The topological polar surface area (TPSA) is 38.0 Å². The van der Waals surface area contributed by atoms with Gasteiger partial charge in [-0.25, -0.2) is 0 Å². The minimum atomic E-state index is -0.347. The molecule has 0 aromatic carbocycles. The number of aryl methyl sites for hydroxylation is 1. The van der Waals surface area contributed by atoms with Crippen molar-refractivity contribution in [3.63, 3.8) is 0 Å². The molecule has 3 heteroatoms. The van der Waals surface area contributed by atoms with E-state index in [-0.39, 0.29) is 11.5 Å². The standard InChI is InChI=1S/C13H22N2O/c1-3-8-15-10-11(9-14-15)12(16)13(2)6-4-5-7-13/h9-10,12,16H,3-8H2,1-2H3. The van der Waals surface area contributed by atoms with Gasteiger partial charge in [0.05, 0.1) is 12.3 Å². The zero-order valence-corrected chi connectivity index (χ0v) is 10.3. The van der Waals surface area contributed by atoms with Crippen LogP contribution in [0.3, 0.4) is 0 Å². The summed E-state index contributed by atoms with van der Waals surface area (Å²) in [6.45, 7) is 5.27. The highest BCUT2D eigenvalue weighted by atomic mass is 16.3. The van der Waals surface area contributed by atoms with E-state index in [4.69, 9.17) is 0 Å². The quantitative estimate of drug-likeness (QED) is 0.850. The Morgan fingerprint density at radius 3 is 2.81 bits per heavy atom. The van der Waals surface area contributed by atoms with Gasteiger partial charge in [-0.05, 0) is 24.7 Å². The molecular weight excluding hydrogens is 200 g/mol. The Hall–Kier alpha value is -0.830. The van der Waals surface area contributed by atoms with E-state index >= 15 is 0 Å². The highest BCUT2D eigenvalue weighted by Gasteiger charge is 2.37. The third-order valence-corrected chi connectivity index (χ3v) is 3.83. The molecule has 1 aromatic rings. The van der Waals surface area contributed by atoms with E-state index in [0.29, 0.717) is 0 Å². The van der Waals surface area contributed by atoms with Gasteiger partial charge in [-0.15, -0.1) is 0 Å². The predicted octanol–water partition coefficient (Wildman–Crippen LogP) is 2.91. The van der Waals surface area contributed by atoms with Crippen molar-refractivity contribution >= 4 is 0 Å². The van der Waals surface area contributed by atoms with Crippen LogP contribution in [0.1, 0.15) is 57.6 Å². The first-order valence-electron chi connectivity index (χ1n) is 6.36. The van der Waals surface area contributed by atoms with Crippen LogP contribution in [-0.2, 0) is 6.54 Å². The van der Waals surface area contributed by atoms with Crippen LogP contribution >= 0.6 is 0 Å². The molecule has 3 nitrogen and oxygen atoms in total. The van der Waals surface area contributed by atoms with Gasteiger partial charge in [0.2, 0.25) is 0 Å². The summed E-state index contributed by atoms with van der Waals surface area (Å²) in [7, 11) is 0. The Morgan fingerprint density at radius 2 is 2.19 bits per heavy atom. The second-order valence-electron chi connectivity index (χ2n) is 5.30. The van der Waals surface area contributed by atoms with Gasteiger partial charge < -0.3 is 5.11 Å². The van der Waals surface area contributed by atoms with Crippen molar-refractivity contribution < 1.29 is 5.11 Å². The minimum absolute atomic E-state index is 0.0695. The van der Waals surface area contributed by atoms with Crippen LogP contribution in [0.4, 0.5) is 0 Å². The van der Waals surface area contributed by atoms with Gasteiger partial charge in [-0.2, -0.15) is 5.10 Å². The molecule has 1 aliphatic rings.